The molecule has 0 unspecified atom stereocenters. The third kappa shape index (κ3) is 3.51. The molecule has 0 aliphatic carbocycles. The molecule has 1 N–H and O–H groups in total. The van der Waals surface area contributed by atoms with Crippen molar-refractivity contribution in [2.75, 3.05) is 16.2 Å². The highest BCUT2D eigenvalue weighted by atomic mass is 35.5. The van der Waals surface area contributed by atoms with Crippen molar-refractivity contribution < 1.29 is 16.8 Å². The summed E-state index contributed by atoms with van der Waals surface area (Å²) in [5, 5.41) is -0.956. The predicted molar refractivity (Wildman–Crippen MR) is 76.3 cm³/mol. The minimum absolute atomic E-state index is 0.0497. The number of nitrogens with zero attached hydrogens (tertiary/aromatic N) is 2. The van der Waals surface area contributed by atoms with Gasteiger partial charge in [-0.1, -0.05) is 23.2 Å². The molecule has 0 saturated carbocycles. The predicted octanol–water partition coefficient (Wildman–Crippen LogP) is 1.10. The number of anilines is 1. The highest BCUT2D eigenvalue weighted by Crippen LogP contribution is 2.28. The summed E-state index contributed by atoms with van der Waals surface area (Å²) in [7, 11) is -6.90. The fourth-order valence-corrected chi connectivity index (χ4v) is 5.39. The van der Waals surface area contributed by atoms with E-state index in [4.69, 9.17) is 23.2 Å². The Labute approximate surface area is 126 Å². The van der Waals surface area contributed by atoms with Gasteiger partial charge in [-0.2, -0.15) is 0 Å². The average Bonchev–Trinajstić information content (AvgIpc) is 2.34. The van der Waals surface area contributed by atoms with Crippen LogP contribution < -0.4 is 4.72 Å². The molecule has 0 bridgehead atoms. The Hall–Kier alpha value is -0.640. The molecule has 20 heavy (non-hydrogen) atoms. The van der Waals surface area contributed by atoms with E-state index in [0.717, 1.165) is 6.33 Å². The lowest BCUT2D eigenvalue weighted by Gasteiger charge is -2.22. The third-order valence-electron chi connectivity index (χ3n) is 2.93. The van der Waals surface area contributed by atoms with Gasteiger partial charge in [0.1, 0.15) is 21.2 Å². The van der Waals surface area contributed by atoms with Crippen LogP contribution in [-0.4, -0.2) is 43.6 Å². The van der Waals surface area contributed by atoms with E-state index in [-0.39, 0.29) is 40.3 Å². The Morgan fingerprint density at radius 1 is 1.20 bits per heavy atom. The van der Waals surface area contributed by atoms with Crippen LogP contribution >= 0.6 is 23.2 Å². The topological polar surface area (TPSA) is 106 Å². The summed E-state index contributed by atoms with van der Waals surface area (Å²) in [6.45, 7) is 0. The molecule has 112 valence electrons. The van der Waals surface area contributed by atoms with E-state index >= 15 is 0 Å². The van der Waals surface area contributed by atoms with Crippen LogP contribution in [0, 0.1) is 0 Å². The number of rotatable bonds is 3. The second kappa shape index (κ2) is 5.63. The normalized spacial score (nSPS) is 19.7. The second-order valence-electron chi connectivity index (χ2n) is 4.33. The van der Waals surface area contributed by atoms with Crippen molar-refractivity contribution >= 4 is 48.9 Å². The van der Waals surface area contributed by atoms with Crippen molar-refractivity contribution in [3.63, 3.8) is 0 Å². The van der Waals surface area contributed by atoms with E-state index in [1.54, 1.807) is 0 Å². The summed E-state index contributed by atoms with van der Waals surface area (Å²) in [6, 6.07) is 0. The first-order chi connectivity index (χ1) is 9.21. The molecule has 0 aromatic carbocycles. The molecule has 7 nitrogen and oxygen atoms in total. The molecule has 1 fully saturated rings. The van der Waals surface area contributed by atoms with Gasteiger partial charge in [0.05, 0.1) is 16.8 Å². The van der Waals surface area contributed by atoms with E-state index in [2.05, 4.69) is 14.7 Å². The van der Waals surface area contributed by atoms with E-state index < -0.39 is 25.1 Å². The quantitative estimate of drug-likeness (QED) is 0.809. The minimum atomic E-state index is -3.77. The van der Waals surface area contributed by atoms with Crippen LogP contribution in [0.25, 0.3) is 0 Å². The highest BCUT2D eigenvalue weighted by Gasteiger charge is 2.33. The molecule has 0 atom stereocenters. The standard InChI is InChI=1S/C9H11Cl2N3O4S2/c10-7-8(11)12-5-13-9(7)14-20(17,18)6-1-3-19(15,16)4-2-6/h5-6H,1-4H2,(H,12,13,14). The molecule has 11 heteroatoms. The number of sulfone groups is 1. The van der Waals surface area contributed by atoms with Crippen LogP contribution in [0.3, 0.4) is 0 Å². The van der Waals surface area contributed by atoms with Crippen molar-refractivity contribution in [2.45, 2.75) is 18.1 Å². The summed E-state index contributed by atoms with van der Waals surface area (Å²) in [5.74, 6) is -0.395. The van der Waals surface area contributed by atoms with Gasteiger partial charge in [0.25, 0.3) is 0 Å². The SMILES string of the molecule is O=S1(=O)CCC(S(=O)(=O)Nc2ncnc(Cl)c2Cl)CC1. The Kier molecular flexibility index (Phi) is 4.43. The monoisotopic (exact) mass is 359 g/mol. The molecular formula is C9H11Cl2N3O4S2. The maximum Gasteiger partial charge on any atom is 0.236 e. The van der Waals surface area contributed by atoms with Gasteiger partial charge in [-0.15, -0.1) is 0 Å². The molecule has 2 rings (SSSR count). The third-order valence-corrected chi connectivity index (χ3v) is 7.21. The van der Waals surface area contributed by atoms with Crippen molar-refractivity contribution in [2.24, 2.45) is 0 Å². The van der Waals surface area contributed by atoms with E-state index in [0.29, 0.717) is 0 Å². The molecule has 0 radical (unpaired) electrons. The summed E-state index contributed by atoms with van der Waals surface area (Å²) in [6.07, 6.45) is 1.18. The summed E-state index contributed by atoms with van der Waals surface area (Å²) < 4.78 is 49.2. The smallest absolute Gasteiger partial charge is 0.236 e. The molecule has 1 aliphatic heterocycles. The number of aromatic nitrogens is 2. The fraction of sp³-hybridized carbons (Fsp3) is 0.556. The highest BCUT2D eigenvalue weighted by molar-refractivity contribution is 7.94. The molecule has 2 heterocycles. The number of halogens is 2. The number of hydrogen-bond acceptors (Lipinski definition) is 6. The zero-order chi connectivity index (χ0) is 15.0. The lowest BCUT2D eigenvalue weighted by molar-refractivity contribution is 0.555. The van der Waals surface area contributed by atoms with Crippen LogP contribution in [0.2, 0.25) is 10.2 Å². The number of hydrogen-bond donors (Lipinski definition) is 1. The van der Waals surface area contributed by atoms with Crippen LogP contribution in [0.5, 0.6) is 0 Å². The summed E-state index contributed by atoms with van der Waals surface area (Å²) >= 11 is 11.5. The fourth-order valence-electron chi connectivity index (χ4n) is 1.82. The van der Waals surface area contributed by atoms with E-state index in [1.807, 2.05) is 0 Å². The Morgan fingerprint density at radius 3 is 2.40 bits per heavy atom. The van der Waals surface area contributed by atoms with Gasteiger partial charge in [-0.3, -0.25) is 4.72 Å². The molecule has 1 saturated heterocycles. The summed E-state index contributed by atoms with van der Waals surface area (Å²) in [4.78, 5) is 7.32. The van der Waals surface area contributed by atoms with Gasteiger partial charge < -0.3 is 0 Å². The van der Waals surface area contributed by atoms with Crippen LogP contribution in [0.15, 0.2) is 6.33 Å². The number of nitrogens with one attached hydrogen (secondary N) is 1. The van der Waals surface area contributed by atoms with Gasteiger partial charge in [-0.25, -0.2) is 26.8 Å². The maximum absolute atomic E-state index is 12.2. The lowest BCUT2D eigenvalue weighted by atomic mass is 10.2. The van der Waals surface area contributed by atoms with Crippen LogP contribution in [0.1, 0.15) is 12.8 Å². The van der Waals surface area contributed by atoms with Crippen molar-refractivity contribution in [1.82, 2.24) is 9.97 Å². The molecular weight excluding hydrogens is 349 g/mol. The molecule has 1 aromatic rings. The zero-order valence-corrected chi connectivity index (χ0v) is 13.2. The van der Waals surface area contributed by atoms with Crippen molar-refractivity contribution in [3.05, 3.63) is 16.5 Å². The van der Waals surface area contributed by atoms with Crippen LogP contribution in [-0.2, 0) is 19.9 Å². The van der Waals surface area contributed by atoms with Gasteiger partial charge in [0, 0.05) is 0 Å². The Balaban J connectivity index is 2.18. The minimum Gasteiger partial charge on any atom is -0.266 e. The lowest BCUT2D eigenvalue weighted by Crippen LogP contribution is -2.36. The first kappa shape index (κ1) is 15.7. The molecule has 0 amide bonds. The van der Waals surface area contributed by atoms with Crippen molar-refractivity contribution in [3.8, 4) is 0 Å². The van der Waals surface area contributed by atoms with E-state index in [1.165, 1.54) is 0 Å². The van der Waals surface area contributed by atoms with Gasteiger partial charge >= 0.3 is 0 Å². The first-order valence-corrected chi connectivity index (χ1v) is 9.72. The Bertz CT molecular complexity index is 707. The van der Waals surface area contributed by atoms with E-state index in [9.17, 15) is 16.8 Å². The average molecular weight is 360 g/mol. The van der Waals surface area contributed by atoms with Gasteiger partial charge in [-0.05, 0) is 12.8 Å². The second-order valence-corrected chi connectivity index (χ2v) is 9.33. The van der Waals surface area contributed by atoms with Gasteiger partial charge in [0.2, 0.25) is 10.0 Å². The molecule has 1 aliphatic rings. The molecule has 1 aromatic heterocycles. The van der Waals surface area contributed by atoms with Gasteiger partial charge in [0.15, 0.2) is 11.0 Å². The summed E-state index contributed by atoms with van der Waals surface area (Å²) in [5.41, 5.74) is 0. The molecule has 0 spiro atoms. The first-order valence-electron chi connectivity index (χ1n) is 5.59. The Morgan fingerprint density at radius 2 is 1.80 bits per heavy atom. The zero-order valence-electron chi connectivity index (χ0n) is 10.1. The largest absolute Gasteiger partial charge is 0.266 e. The maximum atomic E-state index is 12.2. The van der Waals surface area contributed by atoms with Crippen molar-refractivity contribution in [1.29, 1.82) is 0 Å². The van der Waals surface area contributed by atoms with Crippen LogP contribution in [0.4, 0.5) is 5.82 Å². The number of sulfonamides is 1.